The minimum atomic E-state index is -0.493. The first-order chi connectivity index (χ1) is 9.15. The normalized spacial score (nSPS) is 10.7. The molecule has 4 nitrogen and oxygen atoms in total. The van der Waals surface area contributed by atoms with Gasteiger partial charge in [-0.15, -0.1) is 0 Å². The highest BCUT2D eigenvalue weighted by atomic mass is 79.9. The summed E-state index contributed by atoms with van der Waals surface area (Å²) in [5.74, 6) is -0.493. The molecule has 2 heterocycles. The molecule has 0 fully saturated rings. The number of aldehydes is 1. The summed E-state index contributed by atoms with van der Waals surface area (Å²) in [7, 11) is 0. The zero-order chi connectivity index (χ0) is 13.8. The van der Waals surface area contributed by atoms with Crippen LogP contribution in [-0.4, -0.2) is 21.1 Å². The van der Waals surface area contributed by atoms with Gasteiger partial charge in [-0.2, -0.15) is 5.10 Å². The Morgan fingerprint density at radius 1 is 1.53 bits per heavy atom. The first-order valence-corrected chi connectivity index (χ1v) is 6.79. The fourth-order valence-electron chi connectivity index (χ4n) is 1.76. The van der Waals surface area contributed by atoms with Crippen LogP contribution in [0.1, 0.15) is 30.1 Å². The highest BCUT2D eigenvalue weighted by molar-refractivity contribution is 9.10. The number of pyridine rings is 1. The number of aromatic nitrogens is 3. The number of rotatable bonds is 5. The molecular weight excluding hydrogens is 313 g/mol. The Morgan fingerprint density at radius 3 is 3.00 bits per heavy atom. The topological polar surface area (TPSA) is 47.8 Å². The van der Waals surface area contributed by atoms with E-state index in [1.165, 1.54) is 6.07 Å². The fraction of sp³-hybridized carbons (Fsp3) is 0.308. The van der Waals surface area contributed by atoms with Crippen molar-refractivity contribution in [3.63, 3.8) is 0 Å². The zero-order valence-electron chi connectivity index (χ0n) is 10.4. The van der Waals surface area contributed by atoms with E-state index in [0.717, 1.165) is 19.0 Å². The quantitative estimate of drug-likeness (QED) is 0.624. The molecule has 0 amide bonds. The number of carbonyl (C=O) groups excluding carboxylic acids is 1. The predicted molar refractivity (Wildman–Crippen MR) is 73.4 cm³/mol. The molecule has 0 saturated heterocycles. The van der Waals surface area contributed by atoms with Crippen molar-refractivity contribution in [3.05, 3.63) is 34.4 Å². The van der Waals surface area contributed by atoms with E-state index >= 15 is 0 Å². The molecule has 2 aromatic rings. The molecule has 0 aliphatic rings. The second kappa shape index (κ2) is 6.06. The van der Waals surface area contributed by atoms with E-state index in [0.29, 0.717) is 28.7 Å². The van der Waals surface area contributed by atoms with E-state index in [9.17, 15) is 9.18 Å². The Kier molecular flexibility index (Phi) is 4.42. The Bertz CT molecular complexity index is 598. The minimum absolute atomic E-state index is 0.277. The zero-order valence-corrected chi connectivity index (χ0v) is 12.0. The fourth-order valence-corrected chi connectivity index (χ4v) is 2.09. The Morgan fingerprint density at radius 2 is 2.32 bits per heavy atom. The summed E-state index contributed by atoms with van der Waals surface area (Å²) in [5.41, 5.74) is 1.01. The second-order valence-corrected chi connectivity index (χ2v) is 4.97. The van der Waals surface area contributed by atoms with Crippen LogP contribution in [-0.2, 0) is 6.54 Å². The van der Waals surface area contributed by atoms with Crippen LogP contribution in [0.2, 0.25) is 0 Å². The molecule has 0 spiro atoms. The van der Waals surface area contributed by atoms with E-state index in [1.54, 1.807) is 10.9 Å². The number of unbranched alkanes of at least 4 members (excludes halogenated alkanes) is 1. The molecule has 0 N–H and O–H groups in total. The standard InChI is InChI=1S/C13H13BrFN3O/c1-2-3-4-18-7-9(8-19)13(17-18)10-5-12(14)16-6-11(10)15/h5-8H,2-4H2,1H3. The van der Waals surface area contributed by atoms with Gasteiger partial charge >= 0.3 is 0 Å². The van der Waals surface area contributed by atoms with Gasteiger partial charge in [0.1, 0.15) is 10.3 Å². The van der Waals surface area contributed by atoms with E-state index in [-0.39, 0.29) is 5.56 Å². The largest absolute Gasteiger partial charge is 0.298 e. The Labute approximate surface area is 118 Å². The van der Waals surface area contributed by atoms with Crippen LogP contribution in [0.5, 0.6) is 0 Å². The van der Waals surface area contributed by atoms with Gasteiger partial charge in [0.05, 0.1) is 11.8 Å². The number of halogens is 2. The van der Waals surface area contributed by atoms with Crippen LogP contribution in [0.3, 0.4) is 0 Å². The third kappa shape index (κ3) is 3.07. The first-order valence-electron chi connectivity index (χ1n) is 5.99. The summed E-state index contributed by atoms with van der Waals surface area (Å²) in [5, 5.41) is 4.29. The molecule has 0 bridgehead atoms. The molecule has 2 aromatic heterocycles. The maximum absolute atomic E-state index is 13.8. The Balaban J connectivity index is 2.45. The Hall–Kier alpha value is -1.56. The molecule has 0 saturated carbocycles. The minimum Gasteiger partial charge on any atom is -0.298 e. The van der Waals surface area contributed by atoms with Crippen molar-refractivity contribution < 1.29 is 9.18 Å². The van der Waals surface area contributed by atoms with Crippen LogP contribution in [0.15, 0.2) is 23.1 Å². The van der Waals surface area contributed by atoms with E-state index < -0.39 is 5.82 Å². The van der Waals surface area contributed by atoms with E-state index in [2.05, 4.69) is 32.9 Å². The van der Waals surface area contributed by atoms with Gasteiger partial charge in [-0.05, 0) is 28.4 Å². The summed E-state index contributed by atoms with van der Waals surface area (Å²) >= 11 is 3.19. The third-order valence-electron chi connectivity index (χ3n) is 2.73. The molecule has 0 aliphatic heterocycles. The van der Waals surface area contributed by atoms with Gasteiger partial charge in [0.2, 0.25) is 0 Å². The molecular formula is C13H13BrFN3O. The number of hydrogen-bond donors (Lipinski definition) is 0. The molecule has 0 aliphatic carbocycles. The van der Waals surface area contributed by atoms with E-state index in [1.807, 2.05) is 0 Å². The van der Waals surface area contributed by atoms with Gasteiger partial charge in [0, 0.05) is 18.3 Å². The molecule has 19 heavy (non-hydrogen) atoms. The third-order valence-corrected chi connectivity index (χ3v) is 3.17. The lowest BCUT2D eigenvalue weighted by Crippen LogP contribution is -1.98. The lowest BCUT2D eigenvalue weighted by Gasteiger charge is -2.01. The lowest BCUT2D eigenvalue weighted by atomic mass is 10.1. The highest BCUT2D eigenvalue weighted by Crippen LogP contribution is 2.26. The number of aryl methyl sites for hydroxylation is 1. The second-order valence-electron chi connectivity index (χ2n) is 4.15. The summed E-state index contributed by atoms with van der Waals surface area (Å²) in [6, 6.07) is 1.52. The summed E-state index contributed by atoms with van der Waals surface area (Å²) in [6.07, 6.45) is 5.44. The molecule has 0 aromatic carbocycles. The molecule has 0 unspecified atom stereocenters. The molecule has 2 rings (SSSR count). The maximum Gasteiger partial charge on any atom is 0.153 e. The lowest BCUT2D eigenvalue weighted by molar-refractivity contribution is 0.112. The average Bonchev–Trinajstić information content (AvgIpc) is 2.82. The molecule has 0 atom stereocenters. The highest BCUT2D eigenvalue weighted by Gasteiger charge is 2.15. The van der Waals surface area contributed by atoms with E-state index in [4.69, 9.17) is 0 Å². The molecule has 100 valence electrons. The number of nitrogens with zero attached hydrogens (tertiary/aromatic N) is 3. The summed E-state index contributed by atoms with van der Waals surface area (Å²) < 4.78 is 16.0. The van der Waals surface area contributed by atoms with Gasteiger partial charge in [0.15, 0.2) is 12.1 Å². The van der Waals surface area contributed by atoms with Crippen molar-refractivity contribution in [1.29, 1.82) is 0 Å². The van der Waals surface area contributed by atoms with Gasteiger partial charge < -0.3 is 0 Å². The predicted octanol–water partition coefficient (Wildman–Crippen LogP) is 3.46. The van der Waals surface area contributed by atoms with Gasteiger partial charge in [-0.1, -0.05) is 13.3 Å². The summed E-state index contributed by atoms with van der Waals surface area (Å²) in [6.45, 7) is 2.79. The molecule has 0 radical (unpaired) electrons. The number of hydrogen-bond acceptors (Lipinski definition) is 3. The van der Waals surface area contributed by atoms with Gasteiger partial charge in [-0.25, -0.2) is 9.37 Å². The summed E-state index contributed by atoms with van der Waals surface area (Å²) in [4.78, 5) is 14.9. The van der Waals surface area contributed by atoms with Crippen molar-refractivity contribution in [1.82, 2.24) is 14.8 Å². The van der Waals surface area contributed by atoms with Crippen LogP contribution < -0.4 is 0 Å². The van der Waals surface area contributed by atoms with Gasteiger partial charge in [-0.3, -0.25) is 9.48 Å². The SMILES string of the molecule is CCCCn1cc(C=O)c(-c2cc(Br)ncc2F)n1. The van der Waals surface area contributed by atoms with Crippen molar-refractivity contribution >= 4 is 22.2 Å². The maximum atomic E-state index is 13.8. The monoisotopic (exact) mass is 325 g/mol. The first kappa shape index (κ1) is 13.9. The van der Waals surface area contributed by atoms with Crippen LogP contribution in [0, 0.1) is 5.82 Å². The van der Waals surface area contributed by atoms with Gasteiger partial charge in [0.25, 0.3) is 0 Å². The van der Waals surface area contributed by atoms with Crippen molar-refractivity contribution in [2.75, 3.05) is 0 Å². The van der Waals surface area contributed by atoms with Crippen molar-refractivity contribution in [2.24, 2.45) is 0 Å². The van der Waals surface area contributed by atoms with Crippen LogP contribution in [0.25, 0.3) is 11.3 Å². The van der Waals surface area contributed by atoms with Crippen LogP contribution >= 0.6 is 15.9 Å². The average molecular weight is 326 g/mol. The van der Waals surface area contributed by atoms with Crippen molar-refractivity contribution in [3.8, 4) is 11.3 Å². The van der Waals surface area contributed by atoms with Crippen molar-refractivity contribution in [2.45, 2.75) is 26.3 Å². The number of carbonyl (C=O) groups is 1. The smallest absolute Gasteiger partial charge is 0.153 e. The van der Waals surface area contributed by atoms with Crippen LogP contribution in [0.4, 0.5) is 4.39 Å². The molecule has 6 heteroatoms.